The van der Waals surface area contributed by atoms with Gasteiger partial charge in [-0.15, -0.1) is 15.3 Å². The van der Waals surface area contributed by atoms with Crippen LogP contribution >= 0.6 is 35.7 Å². The van der Waals surface area contributed by atoms with Crippen LogP contribution in [-0.2, 0) is 25.7 Å². The van der Waals surface area contributed by atoms with Crippen LogP contribution in [0.25, 0.3) is 0 Å². The molecule has 0 aliphatic carbocycles. The summed E-state index contributed by atoms with van der Waals surface area (Å²) in [5, 5.41) is 30.6. The van der Waals surface area contributed by atoms with Gasteiger partial charge >= 0.3 is 5.97 Å². The van der Waals surface area contributed by atoms with Gasteiger partial charge in [0, 0.05) is 11.5 Å². The molecule has 0 saturated carbocycles. The lowest BCUT2D eigenvalue weighted by molar-refractivity contribution is -0.163. The summed E-state index contributed by atoms with van der Waals surface area (Å²) in [6.07, 6.45) is 1.19. The van der Waals surface area contributed by atoms with Gasteiger partial charge in [-0.3, -0.25) is 14.4 Å². The van der Waals surface area contributed by atoms with Crippen LogP contribution in [0.15, 0.2) is 21.9 Å². The number of hydrogen-bond donors (Lipinski definition) is 3. The molecule has 0 spiro atoms. The number of carboxylic acid groups (broad SMARTS) is 1. The minimum absolute atomic E-state index is 0.000195. The van der Waals surface area contributed by atoms with Crippen molar-refractivity contribution in [1.82, 2.24) is 40.6 Å². The zero-order valence-electron chi connectivity index (χ0n) is 15.3. The molecular weight excluding hydrogens is 456 g/mol. The SMILES string of the molecule is Cc1nnc(SCC(CS)=C(C(=O)O)N2C(=O)C(NC(=O)Cn3cnnn3)C2=O)s1. The van der Waals surface area contributed by atoms with Crippen LogP contribution in [0.4, 0.5) is 0 Å². The molecule has 2 aromatic heterocycles. The Kier molecular flexibility index (Phi) is 6.78. The maximum absolute atomic E-state index is 12.4. The van der Waals surface area contributed by atoms with E-state index < -0.39 is 35.4 Å². The smallest absolute Gasteiger partial charge is 0.353 e. The molecule has 0 atom stereocenters. The molecule has 1 saturated heterocycles. The average molecular weight is 471 g/mol. The molecule has 30 heavy (non-hydrogen) atoms. The molecule has 3 amide bonds. The summed E-state index contributed by atoms with van der Waals surface area (Å²) in [5.41, 5.74) is -0.219. The fourth-order valence-electron chi connectivity index (χ4n) is 2.44. The molecule has 0 aromatic carbocycles. The molecule has 0 bridgehead atoms. The minimum atomic E-state index is -1.47. The molecule has 0 radical (unpaired) electrons. The van der Waals surface area contributed by atoms with Gasteiger partial charge in [0.1, 0.15) is 23.6 Å². The van der Waals surface area contributed by atoms with E-state index in [-0.39, 0.29) is 23.6 Å². The van der Waals surface area contributed by atoms with Crippen molar-refractivity contribution in [1.29, 1.82) is 0 Å². The van der Waals surface area contributed by atoms with Crippen molar-refractivity contribution in [2.75, 3.05) is 11.5 Å². The second-order valence-electron chi connectivity index (χ2n) is 5.81. The Balaban J connectivity index is 1.71. The number of thioether (sulfide) groups is 1. The number of aromatic nitrogens is 6. The van der Waals surface area contributed by atoms with Crippen molar-refractivity contribution in [3.8, 4) is 0 Å². The number of carbonyl (C=O) groups excluding carboxylic acids is 3. The highest BCUT2D eigenvalue weighted by atomic mass is 32.2. The van der Waals surface area contributed by atoms with Gasteiger partial charge in [0.15, 0.2) is 10.4 Å². The van der Waals surface area contributed by atoms with Crippen LogP contribution in [0.5, 0.6) is 0 Å². The first-order valence-corrected chi connectivity index (χ1v) is 10.6. The number of nitrogens with one attached hydrogen (secondary N) is 1. The highest BCUT2D eigenvalue weighted by molar-refractivity contribution is 8.01. The number of likely N-dealkylation sites (tertiary alicyclic amines) is 1. The number of aliphatic carboxylic acids is 1. The van der Waals surface area contributed by atoms with Crippen LogP contribution in [0.3, 0.4) is 0 Å². The van der Waals surface area contributed by atoms with E-state index >= 15 is 0 Å². The summed E-state index contributed by atoms with van der Waals surface area (Å²) < 4.78 is 1.72. The summed E-state index contributed by atoms with van der Waals surface area (Å²) >= 11 is 6.69. The van der Waals surface area contributed by atoms with E-state index in [1.165, 1.54) is 29.4 Å². The first-order chi connectivity index (χ1) is 14.3. The first-order valence-electron chi connectivity index (χ1n) is 8.18. The number of thiol groups is 1. The minimum Gasteiger partial charge on any atom is -0.477 e. The van der Waals surface area contributed by atoms with E-state index in [4.69, 9.17) is 0 Å². The number of rotatable bonds is 9. The zero-order valence-corrected chi connectivity index (χ0v) is 17.8. The number of imide groups is 1. The molecule has 2 N–H and O–H groups in total. The standard InChI is InChI=1S/C14H14N8O5S3/c1-6-17-18-14(30-6)29-4-7(3-28)10(13(26)27)22-11(24)9(12(22)25)16-8(23)2-21-5-15-19-20-21/h5,9,28H,2-4H2,1H3,(H,16,23)(H,26,27). The maximum Gasteiger partial charge on any atom is 0.353 e. The van der Waals surface area contributed by atoms with Crippen LogP contribution < -0.4 is 5.32 Å². The largest absolute Gasteiger partial charge is 0.477 e. The van der Waals surface area contributed by atoms with Crippen LogP contribution in [0.1, 0.15) is 5.01 Å². The fraction of sp³-hybridized carbons (Fsp3) is 0.357. The van der Waals surface area contributed by atoms with Crippen molar-refractivity contribution in [3.05, 3.63) is 22.6 Å². The van der Waals surface area contributed by atoms with Crippen LogP contribution in [0.2, 0.25) is 0 Å². The summed E-state index contributed by atoms with van der Waals surface area (Å²) in [4.78, 5) is 49.2. The lowest BCUT2D eigenvalue weighted by Crippen LogP contribution is -2.68. The molecule has 1 fully saturated rings. The van der Waals surface area contributed by atoms with Crippen molar-refractivity contribution < 1.29 is 24.3 Å². The summed E-state index contributed by atoms with van der Waals surface area (Å²) in [6.45, 7) is 1.48. The van der Waals surface area contributed by atoms with E-state index in [1.807, 2.05) is 0 Å². The number of tetrazole rings is 1. The molecule has 3 heterocycles. The third-order valence-electron chi connectivity index (χ3n) is 3.77. The summed E-state index contributed by atoms with van der Waals surface area (Å²) in [6, 6.07) is -1.47. The number of carboxylic acids is 1. The lowest BCUT2D eigenvalue weighted by atomic mass is 10.0. The van der Waals surface area contributed by atoms with Gasteiger partial charge < -0.3 is 10.4 Å². The molecule has 1 aliphatic heterocycles. The number of amides is 3. The van der Waals surface area contributed by atoms with Crippen molar-refractivity contribution in [2.24, 2.45) is 0 Å². The molecule has 0 unspecified atom stereocenters. The van der Waals surface area contributed by atoms with Gasteiger partial charge in [-0.25, -0.2) is 14.4 Å². The Bertz CT molecular complexity index is 1000. The van der Waals surface area contributed by atoms with Gasteiger partial charge in [-0.1, -0.05) is 23.1 Å². The predicted molar refractivity (Wildman–Crippen MR) is 105 cm³/mol. The fourth-order valence-corrected chi connectivity index (χ4v) is 4.67. The third kappa shape index (κ3) is 4.65. The van der Waals surface area contributed by atoms with E-state index in [0.29, 0.717) is 9.24 Å². The lowest BCUT2D eigenvalue weighted by Gasteiger charge is -2.36. The maximum atomic E-state index is 12.4. The zero-order chi connectivity index (χ0) is 21.8. The number of hydrogen-bond acceptors (Lipinski definition) is 12. The van der Waals surface area contributed by atoms with Gasteiger partial charge in [0.2, 0.25) is 5.91 Å². The quantitative estimate of drug-likeness (QED) is 0.131. The molecular formula is C14H14N8O5S3. The monoisotopic (exact) mass is 470 g/mol. The van der Waals surface area contributed by atoms with E-state index in [1.54, 1.807) is 6.92 Å². The van der Waals surface area contributed by atoms with Gasteiger partial charge in [0.05, 0.1) is 0 Å². The Morgan fingerprint density at radius 2 is 2.07 bits per heavy atom. The number of nitrogens with zero attached hydrogens (tertiary/aromatic N) is 7. The van der Waals surface area contributed by atoms with E-state index in [0.717, 1.165) is 9.69 Å². The third-order valence-corrected chi connectivity index (χ3v) is 6.21. The predicted octanol–water partition coefficient (Wildman–Crippen LogP) is -1.25. The Labute approximate surface area is 182 Å². The van der Waals surface area contributed by atoms with Crippen molar-refractivity contribution in [3.63, 3.8) is 0 Å². The number of carbonyl (C=O) groups is 4. The van der Waals surface area contributed by atoms with Crippen molar-refractivity contribution in [2.45, 2.75) is 23.8 Å². The highest BCUT2D eigenvalue weighted by Gasteiger charge is 2.51. The average Bonchev–Trinajstić information content (AvgIpc) is 3.36. The number of β-lactam (4-membered cyclic amide) rings is 2. The second kappa shape index (κ2) is 9.31. The summed E-state index contributed by atoms with van der Waals surface area (Å²) in [5.74, 6) is -3.68. The first kappa shape index (κ1) is 21.8. The Hall–Kier alpha value is -2.85. The molecule has 3 rings (SSSR count). The summed E-state index contributed by atoms with van der Waals surface area (Å²) in [7, 11) is 0. The normalized spacial score (nSPS) is 15.1. The molecule has 13 nitrogen and oxygen atoms in total. The Morgan fingerprint density at radius 3 is 2.60 bits per heavy atom. The van der Waals surface area contributed by atoms with Crippen molar-refractivity contribution >= 4 is 59.4 Å². The van der Waals surface area contributed by atoms with Gasteiger partial charge in [-0.2, -0.15) is 12.6 Å². The molecule has 16 heteroatoms. The second-order valence-corrected chi connectivity index (χ2v) is 8.53. The Morgan fingerprint density at radius 1 is 1.33 bits per heavy atom. The van der Waals surface area contributed by atoms with E-state index in [9.17, 15) is 24.3 Å². The molecule has 2 aromatic rings. The highest BCUT2D eigenvalue weighted by Crippen LogP contribution is 2.28. The van der Waals surface area contributed by atoms with Gasteiger partial charge in [-0.05, 0) is 22.9 Å². The molecule has 158 valence electrons. The number of aryl methyl sites for hydroxylation is 1. The van der Waals surface area contributed by atoms with E-state index in [2.05, 4.69) is 43.7 Å². The van der Waals surface area contributed by atoms with Crippen LogP contribution in [0, 0.1) is 6.92 Å². The van der Waals surface area contributed by atoms with Crippen LogP contribution in [-0.4, -0.2) is 81.6 Å². The molecule has 1 aliphatic rings. The van der Waals surface area contributed by atoms with Gasteiger partial charge in [0.25, 0.3) is 11.8 Å². The topological polar surface area (TPSA) is 173 Å².